The zero-order chi connectivity index (χ0) is 19.2. The summed E-state index contributed by atoms with van der Waals surface area (Å²) in [7, 11) is 0. The lowest BCUT2D eigenvalue weighted by Crippen LogP contribution is -2.39. The summed E-state index contributed by atoms with van der Waals surface area (Å²) in [5.41, 5.74) is 7.07. The molecule has 0 unspecified atom stereocenters. The lowest BCUT2D eigenvalue weighted by molar-refractivity contribution is -0.114. The molecule has 0 radical (unpaired) electrons. The maximum Gasteiger partial charge on any atom is 0.254 e. The van der Waals surface area contributed by atoms with Crippen molar-refractivity contribution in [1.29, 1.82) is 0 Å². The molecule has 1 aromatic heterocycles. The van der Waals surface area contributed by atoms with Gasteiger partial charge < -0.3 is 27.0 Å². The highest BCUT2D eigenvalue weighted by Crippen LogP contribution is 2.21. The topological polar surface area (TPSA) is 134 Å². The van der Waals surface area contributed by atoms with Gasteiger partial charge in [-0.15, -0.1) is 0 Å². The van der Waals surface area contributed by atoms with Crippen LogP contribution < -0.4 is 27.0 Å². The monoisotopic (exact) mass is 369 g/mol. The van der Waals surface area contributed by atoms with Gasteiger partial charge in [0.15, 0.2) is 0 Å². The lowest BCUT2D eigenvalue weighted by atomic mass is 10.1. The highest BCUT2D eigenvalue weighted by Gasteiger charge is 2.18. The molecule has 2 aromatic rings. The molecule has 2 heterocycles. The van der Waals surface area contributed by atoms with Gasteiger partial charge in [-0.05, 0) is 37.6 Å². The van der Waals surface area contributed by atoms with Crippen LogP contribution >= 0.6 is 0 Å². The van der Waals surface area contributed by atoms with Gasteiger partial charge in [0.1, 0.15) is 5.82 Å². The number of piperidine rings is 1. The van der Waals surface area contributed by atoms with Crippen molar-refractivity contribution in [2.75, 3.05) is 29.0 Å². The number of aromatic nitrogens is 2. The molecule has 0 saturated carbocycles. The van der Waals surface area contributed by atoms with Crippen LogP contribution in [0.25, 0.3) is 0 Å². The number of rotatable bonds is 6. The Bertz CT molecular complexity index is 834. The van der Waals surface area contributed by atoms with Crippen LogP contribution in [0.15, 0.2) is 30.5 Å². The maximum absolute atomic E-state index is 11.7. The highest BCUT2D eigenvalue weighted by molar-refractivity contribution is 5.97. The van der Waals surface area contributed by atoms with E-state index in [2.05, 4.69) is 31.2 Å². The molecular formula is C18H23N7O2. The number of nitrogens with one attached hydrogen (secondary N) is 4. The molecule has 0 bridgehead atoms. The molecule has 27 heavy (non-hydrogen) atoms. The van der Waals surface area contributed by atoms with Gasteiger partial charge in [0.2, 0.25) is 11.9 Å². The molecule has 0 aliphatic carbocycles. The van der Waals surface area contributed by atoms with Crippen LogP contribution in [0.5, 0.6) is 0 Å². The minimum absolute atomic E-state index is 0.151. The first-order valence-electron chi connectivity index (χ1n) is 8.80. The number of carbonyl (C=O) groups is 2. The van der Waals surface area contributed by atoms with Crippen LogP contribution in [0.1, 0.15) is 30.1 Å². The van der Waals surface area contributed by atoms with Gasteiger partial charge in [-0.25, -0.2) is 4.98 Å². The predicted molar refractivity (Wildman–Crippen MR) is 104 cm³/mol. The Kier molecular flexibility index (Phi) is 5.82. The Morgan fingerprint density at radius 2 is 2.11 bits per heavy atom. The molecule has 1 fully saturated rings. The molecule has 6 N–H and O–H groups in total. The summed E-state index contributed by atoms with van der Waals surface area (Å²) in [5, 5.41) is 12.4. The summed E-state index contributed by atoms with van der Waals surface area (Å²) in [6, 6.07) is 7.35. The van der Waals surface area contributed by atoms with Gasteiger partial charge in [0.25, 0.3) is 5.91 Å². The van der Waals surface area contributed by atoms with Crippen molar-refractivity contribution in [1.82, 2.24) is 15.3 Å². The smallest absolute Gasteiger partial charge is 0.254 e. The Labute approximate surface area is 157 Å². The average molecular weight is 369 g/mol. The van der Waals surface area contributed by atoms with E-state index in [1.807, 2.05) is 6.07 Å². The molecule has 3 rings (SSSR count). The van der Waals surface area contributed by atoms with Crippen molar-refractivity contribution in [2.24, 2.45) is 5.73 Å². The van der Waals surface area contributed by atoms with E-state index in [1.54, 1.807) is 18.2 Å². The first-order valence-corrected chi connectivity index (χ1v) is 8.80. The SMILES string of the molecule is CC(=O)Nc1cccc(Nc2ncc(C(N)=O)c(N[C@@H]3CCCNC3)n2)c1. The van der Waals surface area contributed by atoms with E-state index in [9.17, 15) is 9.59 Å². The molecule has 1 atom stereocenters. The van der Waals surface area contributed by atoms with E-state index in [4.69, 9.17) is 5.73 Å². The fraction of sp³-hybridized carbons (Fsp3) is 0.333. The Balaban J connectivity index is 1.80. The molecule has 1 aliphatic heterocycles. The van der Waals surface area contributed by atoms with E-state index in [-0.39, 0.29) is 17.5 Å². The highest BCUT2D eigenvalue weighted by atomic mass is 16.1. The molecular weight excluding hydrogens is 346 g/mol. The number of hydrogen-bond donors (Lipinski definition) is 5. The molecule has 9 nitrogen and oxygen atoms in total. The molecule has 0 spiro atoms. The Morgan fingerprint density at radius 1 is 1.30 bits per heavy atom. The minimum Gasteiger partial charge on any atom is -0.365 e. The van der Waals surface area contributed by atoms with Crippen molar-refractivity contribution in [2.45, 2.75) is 25.8 Å². The van der Waals surface area contributed by atoms with Gasteiger partial charge in [-0.3, -0.25) is 9.59 Å². The van der Waals surface area contributed by atoms with Crippen LogP contribution in [0, 0.1) is 0 Å². The third-order valence-electron chi connectivity index (χ3n) is 4.13. The molecule has 1 aromatic carbocycles. The second-order valence-electron chi connectivity index (χ2n) is 6.39. The Morgan fingerprint density at radius 3 is 2.81 bits per heavy atom. The van der Waals surface area contributed by atoms with Crippen LogP contribution in [0.3, 0.4) is 0 Å². The lowest BCUT2D eigenvalue weighted by Gasteiger charge is -2.25. The standard InChI is InChI=1S/C18H23N7O2/c1-11(26)22-12-4-2-5-13(8-12)24-18-21-10-15(16(19)27)17(25-18)23-14-6-3-7-20-9-14/h2,4-5,8,10,14,20H,3,6-7,9H2,1H3,(H2,19,27)(H,22,26)(H2,21,23,24,25)/t14-/m1/s1. The van der Waals surface area contributed by atoms with Crippen molar-refractivity contribution >= 4 is 35.0 Å². The van der Waals surface area contributed by atoms with Crippen molar-refractivity contribution in [3.05, 3.63) is 36.0 Å². The normalized spacial score (nSPS) is 16.4. The van der Waals surface area contributed by atoms with Gasteiger partial charge >= 0.3 is 0 Å². The summed E-state index contributed by atoms with van der Waals surface area (Å²) in [6.07, 6.45) is 3.44. The predicted octanol–water partition coefficient (Wildman–Crippen LogP) is 1.44. The number of carbonyl (C=O) groups excluding carboxylic acids is 2. The van der Waals surface area contributed by atoms with E-state index >= 15 is 0 Å². The molecule has 1 aliphatic rings. The van der Waals surface area contributed by atoms with Crippen molar-refractivity contribution in [3.63, 3.8) is 0 Å². The van der Waals surface area contributed by atoms with E-state index in [0.29, 0.717) is 23.1 Å². The van der Waals surface area contributed by atoms with Gasteiger partial charge in [0, 0.05) is 37.1 Å². The summed E-state index contributed by atoms with van der Waals surface area (Å²) in [5.74, 6) is 0.000206. The summed E-state index contributed by atoms with van der Waals surface area (Å²) < 4.78 is 0. The number of nitrogens with two attached hydrogens (primary N) is 1. The molecule has 2 amide bonds. The fourth-order valence-electron chi connectivity index (χ4n) is 2.91. The third-order valence-corrected chi connectivity index (χ3v) is 4.13. The zero-order valence-corrected chi connectivity index (χ0v) is 15.1. The average Bonchev–Trinajstić information content (AvgIpc) is 2.62. The van der Waals surface area contributed by atoms with Crippen LogP contribution in [0.4, 0.5) is 23.1 Å². The number of benzene rings is 1. The van der Waals surface area contributed by atoms with Gasteiger partial charge in [0.05, 0.1) is 5.56 Å². The number of anilines is 4. The Hall–Kier alpha value is -3.20. The van der Waals surface area contributed by atoms with Crippen LogP contribution in [-0.4, -0.2) is 40.9 Å². The summed E-state index contributed by atoms with van der Waals surface area (Å²) >= 11 is 0. The van der Waals surface area contributed by atoms with Crippen LogP contribution in [-0.2, 0) is 4.79 Å². The fourth-order valence-corrected chi connectivity index (χ4v) is 2.91. The first-order chi connectivity index (χ1) is 13.0. The van der Waals surface area contributed by atoms with Crippen molar-refractivity contribution < 1.29 is 9.59 Å². The zero-order valence-electron chi connectivity index (χ0n) is 15.1. The second kappa shape index (κ2) is 8.45. The number of nitrogens with zero attached hydrogens (tertiary/aromatic N) is 2. The van der Waals surface area contributed by atoms with E-state index in [1.165, 1.54) is 13.1 Å². The van der Waals surface area contributed by atoms with Gasteiger partial charge in [-0.2, -0.15) is 4.98 Å². The number of primary amides is 1. The second-order valence-corrected chi connectivity index (χ2v) is 6.39. The minimum atomic E-state index is -0.583. The molecule has 142 valence electrons. The molecule has 9 heteroatoms. The van der Waals surface area contributed by atoms with Crippen LogP contribution in [0.2, 0.25) is 0 Å². The quantitative estimate of drug-likeness (QED) is 0.520. The molecule has 1 saturated heterocycles. The maximum atomic E-state index is 11.7. The largest absolute Gasteiger partial charge is 0.365 e. The van der Waals surface area contributed by atoms with E-state index in [0.717, 1.165) is 25.9 Å². The third kappa shape index (κ3) is 5.14. The summed E-state index contributed by atoms with van der Waals surface area (Å²) in [6.45, 7) is 3.23. The van der Waals surface area contributed by atoms with Gasteiger partial charge in [-0.1, -0.05) is 6.07 Å². The number of amides is 2. The number of hydrogen-bond acceptors (Lipinski definition) is 7. The van der Waals surface area contributed by atoms with E-state index < -0.39 is 5.91 Å². The first kappa shape index (κ1) is 18.6. The summed E-state index contributed by atoms with van der Waals surface area (Å²) in [4.78, 5) is 31.5. The van der Waals surface area contributed by atoms with Crippen molar-refractivity contribution in [3.8, 4) is 0 Å².